The summed E-state index contributed by atoms with van der Waals surface area (Å²) in [7, 11) is 1.79. The van der Waals surface area contributed by atoms with E-state index in [0.717, 1.165) is 5.56 Å². The number of rotatable bonds is 3. The van der Waals surface area contributed by atoms with E-state index in [-0.39, 0.29) is 0 Å². The van der Waals surface area contributed by atoms with Gasteiger partial charge in [-0.15, -0.1) is 0 Å². The van der Waals surface area contributed by atoms with Crippen molar-refractivity contribution in [1.29, 1.82) is 5.26 Å². The molecule has 0 spiro atoms. The molecule has 2 aromatic rings. The summed E-state index contributed by atoms with van der Waals surface area (Å²) >= 11 is 0. The van der Waals surface area contributed by atoms with Crippen molar-refractivity contribution < 1.29 is 4.39 Å². The van der Waals surface area contributed by atoms with E-state index in [1.54, 1.807) is 36.6 Å². The Morgan fingerprint density at radius 1 is 1.23 bits per heavy atom. The van der Waals surface area contributed by atoms with Crippen molar-refractivity contribution in [3.05, 3.63) is 71.9 Å². The molecular weight excluding hydrogens is 277 g/mol. The number of aromatic nitrogens is 1. The number of nitrogens with zero attached hydrogens (tertiary/aromatic N) is 3. The van der Waals surface area contributed by atoms with Crippen LogP contribution >= 0.6 is 0 Å². The van der Waals surface area contributed by atoms with Crippen LogP contribution in [0.25, 0.3) is 0 Å². The van der Waals surface area contributed by atoms with Crippen LogP contribution in [0.2, 0.25) is 0 Å². The second-order valence-corrected chi connectivity index (χ2v) is 4.55. The Bertz CT molecular complexity index is 764. The molecular formula is C18H14FN3. The van der Waals surface area contributed by atoms with Crippen LogP contribution in [0.3, 0.4) is 0 Å². The number of pyridine rings is 1. The molecule has 0 unspecified atom stereocenters. The van der Waals surface area contributed by atoms with Crippen molar-refractivity contribution in [3.8, 4) is 17.9 Å². The van der Waals surface area contributed by atoms with E-state index in [1.165, 1.54) is 12.1 Å². The van der Waals surface area contributed by atoms with Crippen LogP contribution in [0.15, 0.2) is 55.0 Å². The standard InChI is InChI=1S/C18H14FN3/c1-22(18-12-16(14-20)11-17(19)13-18)10-4-2-3-5-15-6-8-21-9-7-15/h4,6-13H,2H2,1H3/b10-4-. The van der Waals surface area contributed by atoms with Gasteiger partial charge in [0.15, 0.2) is 0 Å². The third-order valence-corrected chi connectivity index (χ3v) is 2.88. The van der Waals surface area contributed by atoms with Gasteiger partial charge in [0.1, 0.15) is 5.82 Å². The minimum absolute atomic E-state index is 0.299. The van der Waals surface area contributed by atoms with Crippen molar-refractivity contribution in [2.24, 2.45) is 0 Å². The quantitative estimate of drug-likeness (QED) is 0.813. The Balaban J connectivity index is 1.98. The molecule has 1 heterocycles. The molecule has 0 saturated carbocycles. The van der Waals surface area contributed by atoms with E-state index in [4.69, 9.17) is 5.26 Å². The van der Waals surface area contributed by atoms with Gasteiger partial charge >= 0.3 is 0 Å². The first kappa shape index (κ1) is 15.3. The second-order valence-electron chi connectivity index (χ2n) is 4.55. The van der Waals surface area contributed by atoms with E-state index >= 15 is 0 Å². The lowest BCUT2D eigenvalue weighted by Gasteiger charge is -2.14. The van der Waals surface area contributed by atoms with E-state index < -0.39 is 5.82 Å². The number of allylic oxidation sites excluding steroid dienone is 1. The number of anilines is 1. The Morgan fingerprint density at radius 3 is 2.73 bits per heavy atom. The highest BCUT2D eigenvalue weighted by molar-refractivity contribution is 5.53. The summed E-state index contributed by atoms with van der Waals surface area (Å²) < 4.78 is 13.4. The highest BCUT2D eigenvalue weighted by Crippen LogP contribution is 2.17. The molecule has 0 aliphatic carbocycles. The monoisotopic (exact) mass is 291 g/mol. The summed E-state index contributed by atoms with van der Waals surface area (Å²) in [6, 6.07) is 9.86. The van der Waals surface area contributed by atoms with Gasteiger partial charge in [0.25, 0.3) is 0 Å². The van der Waals surface area contributed by atoms with E-state index in [1.807, 2.05) is 24.3 Å². The molecule has 0 aliphatic heterocycles. The van der Waals surface area contributed by atoms with E-state index in [2.05, 4.69) is 16.8 Å². The fourth-order valence-electron chi connectivity index (χ4n) is 1.79. The molecule has 22 heavy (non-hydrogen) atoms. The van der Waals surface area contributed by atoms with Crippen molar-refractivity contribution in [2.75, 3.05) is 11.9 Å². The van der Waals surface area contributed by atoms with Crippen LogP contribution < -0.4 is 4.90 Å². The smallest absolute Gasteiger partial charge is 0.126 e. The van der Waals surface area contributed by atoms with Crippen LogP contribution in [0.4, 0.5) is 10.1 Å². The Morgan fingerprint density at radius 2 is 2.00 bits per heavy atom. The first-order valence-electron chi connectivity index (χ1n) is 6.68. The summed E-state index contributed by atoms with van der Waals surface area (Å²) in [5.74, 6) is 5.62. The Hall–Kier alpha value is -3.11. The molecule has 0 amide bonds. The Labute approximate surface area is 129 Å². The number of nitriles is 1. The molecule has 0 saturated heterocycles. The summed E-state index contributed by atoms with van der Waals surface area (Å²) in [4.78, 5) is 5.67. The number of benzene rings is 1. The van der Waals surface area contributed by atoms with Crippen LogP contribution in [-0.4, -0.2) is 12.0 Å². The lowest BCUT2D eigenvalue weighted by Crippen LogP contribution is -2.08. The molecule has 1 aromatic heterocycles. The van der Waals surface area contributed by atoms with Crippen LogP contribution in [0, 0.1) is 29.0 Å². The van der Waals surface area contributed by atoms with Gasteiger partial charge in [-0.25, -0.2) is 4.39 Å². The van der Waals surface area contributed by atoms with Gasteiger partial charge in [-0.05, 0) is 30.3 Å². The molecule has 0 atom stereocenters. The minimum Gasteiger partial charge on any atom is -0.351 e. The average molecular weight is 291 g/mol. The minimum atomic E-state index is -0.424. The van der Waals surface area contributed by atoms with Gasteiger partial charge in [-0.2, -0.15) is 5.26 Å². The van der Waals surface area contributed by atoms with Crippen LogP contribution in [0.5, 0.6) is 0 Å². The summed E-state index contributed by atoms with van der Waals surface area (Å²) in [5, 5.41) is 8.85. The fraction of sp³-hybridized carbons (Fsp3) is 0.111. The fourth-order valence-corrected chi connectivity index (χ4v) is 1.79. The lowest BCUT2D eigenvalue weighted by molar-refractivity contribution is 0.627. The lowest BCUT2D eigenvalue weighted by atomic mass is 10.2. The highest BCUT2D eigenvalue weighted by atomic mass is 19.1. The highest BCUT2D eigenvalue weighted by Gasteiger charge is 2.02. The third-order valence-electron chi connectivity index (χ3n) is 2.88. The normalized spacial score (nSPS) is 9.86. The first-order chi connectivity index (χ1) is 10.7. The largest absolute Gasteiger partial charge is 0.351 e. The van der Waals surface area contributed by atoms with Crippen molar-refractivity contribution in [2.45, 2.75) is 6.42 Å². The maximum Gasteiger partial charge on any atom is 0.126 e. The predicted molar refractivity (Wildman–Crippen MR) is 84.4 cm³/mol. The second kappa shape index (κ2) is 7.61. The zero-order valence-corrected chi connectivity index (χ0v) is 12.1. The number of hydrogen-bond acceptors (Lipinski definition) is 3. The van der Waals surface area contributed by atoms with Gasteiger partial charge in [-0.3, -0.25) is 4.98 Å². The molecule has 4 heteroatoms. The van der Waals surface area contributed by atoms with E-state index in [9.17, 15) is 4.39 Å². The predicted octanol–water partition coefficient (Wildman–Crippen LogP) is 3.48. The molecule has 0 aliphatic rings. The molecule has 1 aromatic carbocycles. The van der Waals surface area contributed by atoms with E-state index in [0.29, 0.717) is 17.7 Å². The SMILES string of the molecule is CN(/C=C\CC#Cc1ccncc1)c1cc(F)cc(C#N)c1. The topological polar surface area (TPSA) is 39.9 Å². The summed E-state index contributed by atoms with van der Waals surface area (Å²) in [6.07, 6.45) is 7.66. The van der Waals surface area contributed by atoms with Crippen LogP contribution in [-0.2, 0) is 0 Å². The average Bonchev–Trinajstić information content (AvgIpc) is 2.54. The summed E-state index contributed by atoms with van der Waals surface area (Å²) in [5.41, 5.74) is 1.84. The maximum absolute atomic E-state index is 13.4. The molecule has 2 rings (SSSR count). The maximum atomic E-state index is 13.4. The first-order valence-corrected chi connectivity index (χ1v) is 6.68. The van der Waals surface area contributed by atoms with Crippen LogP contribution in [0.1, 0.15) is 17.5 Å². The van der Waals surface area contributed by atoms with Gasteiger partial charge < -0.3 is 4.90 Å². The van der Waals surface area contributed by atoms with Crippen molar-refractivity contribution in [1.82, 2.24) is 4.98 Å². The van der Waals surface area contributed by atoms with Gasteiger partial charge in [-0.1, -0.05) is 17.9 Å². The van der Waals surface area contributed by atoms with Crippen molar-refractivity contribution >= 4 is 5.69 Å². The zero-order valence-electron chi connectivity index (χ0n) is 12.1. The molecule has 0 bridgehead atoms. The zero-order chi connectivity index (χ0) is 15.8. The number of halogens is 1. The van der Waals surface area contributed by atoms with Gasteiger partial charge in [0, 0.05) is 43.3 Å². The molecule has 0 fully saturated rings. The van der Waals surface area contributed by atoms with Gasteiger partial charge in [0.2, 0.25) is 0 Å². The molecule has 0 N–H and O–H groups in total. The van der Waals surface area contributed by atoms with Crippen molar-refractivity contribution in [3.63, 3.8) is 0 Å². The van der Waals surface area contributed by atoms with Gasteiger partial charge in [0.05, 0.1) is 11.6 Å². The Kier molecular flexibility index (Phi) is 5.29. The summed E-state index contributed by atoms with van der Waals surface area (Å²) in [6.45, 7) is 0. The molecule has 3 nitrogen and oxygen atoms in total. The molecule has 0 radical (unpaired) electrons. The molecule has 108 valence electrons. The third kappa shape index (κ3) is 4.47. The number of hydrogen-bond donors (Lipinski definition) is 0.